The summed E-state index contributed by atoms with van der Waals surface area (Å²) >= 11 is 1.96. The van der Waals surface area contributed by atoms with Crippen LogP contribution in [-0.4, -0.2) is 35.4 Å². The second-order valence-corrected chi connectivity index (χ2v) is 4.09. The van der Waals surface area contributed by atoms with Crippen LogP contribution in [0.5, 0.6) is 0 Å². The van der Waals surface area contributed by atoms with E-state index in [1.807, 2.05) is 11.8 Å². The van der Waals surface area contributed by atoms with E-state index < -0.39 is 0 Å². The Labute approximate surface area is 65.9 Å². The second-order valence-electron chi connectivity index (χ2n) is 2.75. The van der Waals surface area contributed by atoms with E-state index in [4.69, 9.17) is 4.74 Å². The van der Waals surface area contributed by atoms with Gasteiger partial charge in [0, 0.05) is 18.8 Å². The van der Waals surface area contributed by atoms with Crippen LogP contribution >= 0.6 is 11.8 Å². The first-order valence-electron chi connectivity index (χ1n) is 3.90. The van der Waals surface area contributed by atoms with Gasteiger partial charge in [-0.1, -0.05) is 6.92 Å². The number of rotatable bonds is 1. The highest BCUT2D eigenvalue weighted by Crippen LogP contribution is 2.42. The standard InChI is InChI=1S/C7H13NOS/c1-2-7-8(3-5-9-7)4-6-10-7/h2-6H2,1H3. The van der Waals surface area contributed by atoms with E-state index in [0.717, 1.165) is 19.6 Å². The molecule has 0 amide bonds. The molecule has 2 aliphatic rings. The molecule has 0 bridgehead atoms. The van der Waals surface area contributed by atoms with Crippen LogP contribution in [0.3, 0.4) is 0 Å². The normalized spacial score (nSPS) is 40.5. The Bertz CT molecular complexity index is 130. The Balaban J connectivity index is 2.15. The smallest absolute Gasteiger partial charge is 0.169 e. The van der Waals surface area contributed by atoms with Gasteiger partial charge in [0.2, 0.25) is 0 Å². The average Bonchev–Trinajstić information content (AvgIpc) is 2.42. The van der Waals surface area contributed by atoms with Crippen molar-refractivity contribution in [1.29, 1.82) is 0 Å². The summed E-state index contributed by atoms with van der Waals surface area (Å²) < 4.78 is 5.70. The number of ether oxygens (including phenoxy) is 1. The van der Waals surface area contributed by atoms with E-state index in [1.54, 1.807) is 0 Å². The minimum Gasteiger partial charge on any atom is -0.350 e. The minimum atomic E-state index is 0.0972. The van der Waals surface area contributed by atoms with Crippen molar-refractivity contribution in [1.82, 2.24) is 4.90 Å². The van der Waals surface area contributed by atoms with Crippen molar-refractivity contribution in [2.45, 2.75) is 18.4 Å². The highest BCUT2D eigenvalue weighted by molar-refractivity contribution is 8.00. The molecule has 2 saturated heterocycles. The van der Waals surface area contributed by atoms with E-state index in [2.05, 4.69) is 11.8 Å². The Kier molecular flexibility index (Phi) is 1.66. The third kappa shape index (κ3) is 0.807. The highest BCUT2D eigenvalue weighted by Gasteiger charge is 2.44. The van der Waals surface area contributed by atoms with Gasteiger partial charge in [-0.25, -0.2) is 0 Å². The largest absolute Gasteiger partial charge is 0.350 e. The molecule has 1 atom stereocenters. The van der Waals surface area contributed by atoms with Gasteiger partial charge >= 0.3 is 0 Å². The molecule has 1 unspecified atom stereocenters. The molecule has 0 aromatic carbocycles. The fourth-order valence-electron chi connectivity index (χ4n) is 1.74. The molecular formula is C7H13NOS. The maximum atomic E-state index is 5.70. The molecule has 3 heteroatoms. The molecule has 10 heavy (non-hydrogen) atoms. The van der Waals surface area contributed by atoms with Crippen molar-refractivity contribution in [3.63, 3.8) is 0 Å². The lowest BCUT2D eigenvalue weighted by Crippen LogP contribution is -2.36. The van der Waals surface area contributed by atoms with Gasteiger partial charge in [-0.15, -0.1) is 11.8 Å². The van der Waals surface area contributed by atoms with Crippen molar-refractivity contribution in [2.75, 3.05) is 25.4 Å². The van der Waals surface area contributed by atoms with Gasteiger partial charge in [-0.3, -0.25) is 4.90 Å². The van der Waals surface area contributed by atoms with Crippen molar-refractivity contribution in [2.24, 2.45) is 0 Å². The zero-order valence-corrected chi connectivity index (χ0v) is 7.12. The molecule has 2 rings (SSSR count). The first-order chi connectivity index (χ1) is 4.87. The summed E-state index contributed by atoms with van der Waals surface area (Å²) in [6.07, 6.45) is 1.12. The van der Waals surface area contributed by atoms with E-state index in [0.29, 0.717) is 0 Å². The summed E-state index contributed by atoms with van der Waals surface area (Å²) in [4.78, 5) is 2.46. The van der Waals surface area contributed by atoms with Crippen molar-refractivity contribution in [3.8, 4) is 0 Å². The molecule has 2 fully saturated rings. The lowest BCUT2D eigenvalue weighted by molar-refractivity contribution is 0.00888. The molecule has 0 aromatic rings. The van der Waals surface area contributed by atoms with Crippen LogP contribution in [0.4, 0.5) is 0 Å². The summed E-state index contributed by atoms with van der Waals surface area (Å²) in [5.74, 6) is 1.24. The Hall–Kier alpha value is 0.270. The third-order valence-corrected chi connectivity index (χ3v) is 3.81. The molecule has 2 aliphatic heterocycles. The Morgan fingerprint density at radius 2 is 2.50 bits per heavy atom. The third-order valence-electron chi connectivity index (χ3n) is 2.31. The van der Waals surface area contributed by atoms with Crippen LogP contribution in [0, 0.1) is 0 Å². The predicted octanol–water partition coefficient (Wildman–Crippen LogP) is 1.13. The minimum absolute atomic E-state index is 0.0972. The maximum absolute atomic E-state index is 5.70. The number of hydrogen-bond acceptors (Lipinski definition) is 3. The first-order valence-corrected chi connectivity index (χ1v) is 4.89. The number of fused-ring (bicyclic) bond motifs is 1. The molecule has 0 aromatic heterocycles. The first kappa shape index (κ1) is 6.95. The van der Waals surface area contributed by atoms with Gasteiger partial charge in [-0.05, 0) is 6.42 Å². The van der Waals surface area contributed by atoms with E-state index in [1.165, 1.54) is 12.3 Å². The number of nitrogens with zero attached hydrogens (tertiary/aromatic N) is 1. The summed E-state index contributed by atoms with van der Waals surface area (Å²) in [6.45, 7) is 5.50. The molecule has 0 saturated carbocycles. The van der Waals surface area contributed by atoms with Gasteiger partial charge in [-0.2, -0.15) is 0 Å². The van der Waals surface area contributed by atoms with Crippen molar-refractivity contribution < 1.29 is 4.74 Å². The Morgan fingerprint density at radius 3 is 3.20 bits per heavy atom. The predicted molar refractivity (Wildman–Crippen MR) is 43.0 cm³/mol. The SMILES string of the molecule is CCC12OCCN1CCS2. The lowest BCUT2D eigenvalue weighted by Gasteiger charge is -2.27. The zero-order chi connectivity index (χ0) is 7.03. The fraction of sp³-hybridized carbons (Fsp3) is 1.00. The summed E-state index contributed by atoms with van der Waals surface area (Å²) in [5.41, 5.74) is 0. The van der Waals surface area contributed by atoms with Crippen LogP contribution in [0.1, 0.15) is 13.3 Å². The zero-order valence-electron chi connectivity index (χ0n) is 6.30. The van der Waals surface area contributed by atoms with Crippen LogP contribution in [-0.2, 0) is 4.74 Å². The summed E-state index contributed by atoms with van der Waals surface area (Å²) in [6, 6.07) is 0. The maximum Gasteiger partial charge on any atom is 0.169 e. The van der Waals surface area contributed by atoms with E-state index in [-0.39, 0.29) is 5.06 Å². The molecule has 2 nitrogen and oxygen atoms in total. The fourth-order valence-corrected chi connectivity index (χ4v) is 3.10. The van der Waals surface area contributed by atoms with Crippen molar-refractivity contribution >= 4 is 11.8 Å². The van der Waals surface area contributed by atoms with Crippen LogP contribution in [0.2, 0.25) is 0 Å². The number of hydrogen-bond donors (Lipinski definition) is 0. The monoisotopic (exact) mass is 159 g/mol. The summed E-state index contributed by atoms with van der Waals surface area (Å²) in [7, 11) is 0. The van der Waals surface area contributed by atoms with Gasteiger partial charge in [0.1, 0.15) is 0 Å². The molecule has 0 aliphatic carbocycles. The van der Waals surface area contributed by atoms with Crippen molar-refractivity contribution in [3.05, 3.63) is 0 Å². The molecule has 2 heterocycles. The molecular weight excluding hydrogens is 146 g/mol. The molecule has 0 N–H and O–H groups in total. The second kappa shape index (κ2) is 2.40. The van der Waals surface area contributed by atoms with E-state index >= 15 is 0 Å². The van der Waals surface area contributed by atoms with Gasteiger partial charge in [0.25, 0.3) is 0 Å². The molecule has 58 valence electrons. The van der Waals surface area contributed by atoms with Crippen LogP contribution < -0.4 is 0 Å². The molecule has 0 spiro atoms. The van der Waals surface area contributed by atoms with E-state index in [9.17, 15) is 0 Å². The summed E-state index contributed by atoms with van der Waals surface area (Å²) in [5, 5.41) is 0.0972. The van der Waals surface area contributed by atoms with Crippen LogP contribution in [0.25, 0.3) is 0 Å². The molecule has 0 radical (unpaired) electrons. The van der Waals surface area contributed by atoms with Gasteiger partial charge in [0.05, 0.1) is 6.61 Å². The Morgan fingerprint density at radius 1 is 1.60 bits per heavy atom. The quantitative estimate of drug-likeness (QED) is 0.569. The highest BCUT2D eigenvalue weighted by atomic mass is 32.2. The van der Waals surface area contributed by atoms with Gasteiger partial charge in [0.15, 0.2) is 5.06 Å². The topological polar surface area (TPSA) is 12.5 Å². The average molecular weight is 159 g/mol. The van der Waals surface area contributed by atoms with Gasteiger partial charge < -0.3 is 4.74 Å². The van der Waals surface area contributed by atoms with Crippen LogP contribution in [0.15, 0.2) is 0 Å². The lowest BCUT2D eigenvalue weighted by atomic mass is 10.4. The number of thioether (sulfide) groups is 1.